The fourth-order valence-corrected chi connectivity index (χ4v) is 4.85. The molecule has 0 aromatic heterocycles. The SMILES string of the molecule is CC(=O)N[C@@H](CCC(N)=O)C(=O)NCC(=O)N[C@@H](CCC(N)=O)C(=O)N1CCC[C@H]1C(=O)N1CCC[C@H]1C(=O)O. The van der Waals surface area contributed by atoms with E-state index in [1.54, 1.807) is 0 Å². The van der Waals surface area contributed by atoms with Gasteiger partial charge in [-0.15, -0.1) is 0 Å². The molecule has 2 aliphatic rings. The summed E-state index contributed by atoms with van der Waals surface area (Å²) < 4.78 is 0. The van der Waals surface area contributed by atoms with Crippen molar-refractivity contribution in [2.24, 2.45) is 11.5 Å². The number of rotatable bonds is 14. The van der Waals surface area contributed by atoms with E-state index in [4.69, 9.17) is 11.5 Å². The number of hydrogen-bond donors (Lipinski definition) is 6. The fraction of sp³-hybridized carbons (Fsp3) is 0.667. The number of carbonyl (C=O) groups is 8. The van der Waals surface area contributed by atoms with Crippen LogP contribution in [-0.4, -0.2) is 106 Å². The van der Waals surface area contributed by atoms with Gasteiger partial charge < -0.3 is 42.3 Å². The van der Waals surface area contributed by atoms with Crippen LogP contribution in [0.4, 0.5) is 0 Å². The summed E-state index contributed by atoms with van der Waals surface area (Å²) in [6.45, 7) is 1.03. The van der Waals surface area contributed by atoms with Gasteiger partial charge in [-0.25, -0.2) is 4.79 Å². The van der Waals surface area contributed by atoms with Gasteiger partial charge in [-0.05, 0) is 38.5 Å². The van der Waals surface area contributed by atoms with Crippen molar-refractivity contribution in [2.75, 3.05) is 19.6 Å². The average Bonchev–Trinajstić information content (AvgIpc) is 3.56. The predicted octanol–water partition coefficient (Wildman–Crippen LogP) is -3.31. The molecule has 4 atom stereocenters. The topological polar surface area (TPSA) is 251 Å². The Morgan fingerprint density at radius 3 is 1.93 bits per heavy atom. The van der Waals surface area contributed by atoms with Crippen LogP contribution in [0.25, 0.3) is 0 Å². The minimum Gasteiger partial charge on any atom is -0.480 e. The monoisotopic (exact) mass is 567 g/mol. The van der Waals surface area contributed by atoms with Crippen LogP contribution in [0, 0.1) is 0 Å². The molecule has 8 N–H and O–H groups in total. The molecule has 0 radical (unpaired) electrons. The van der Waals surface area contributed by atoms with Crippen molar-refractivity contribution in [2.45, 2.75) is 82.5 Å². The van der Waals surface area contributed by atoms with Crippen molar-refractivity contribution >= 4 is 47.3 Å². The van der Waals surface area contributed by atoms with Crippen molar-refractivity contribution in [1.29, 1.82) is 0 Å². The van der Waals surface area contributed by atoms with Gasteiger partial charge in [-0.1, -0.05) is 0 Å². The molecule has 2 fully saturated rings. The first-order valence-electron chi connectivity index (χ1n) is 13.1. The molecular weight excluding hydrogens is 530 g/mol. The summed E-state index contributed by atoms with van der Waals surface area (Å²) in [7, 11) is 0. The third kappa shape index (κ3) is 9.20. The number of hydrogen-bond acceptors (Lipinski definition) is 8. The molecule has 0 unspecified atom stereocenters. The summed E-state index contributed by atoms with van der Waals surface area (Å²) in [5, 5.41) is 16.6. The van der Waals surface area contributed by atoms with Crippen LogP contribution < -0.4 is 27.4 Å². The van der Waals surface area contributed by atoms with E-state index >= 15 is 0 Å². The fourth-order valence-electron chi connectivity index (χ4n) is 4.85. The zero-order valence-corrected chi connectivity index (χ0v) is 22.3. The van der Waals surface area contributed by atoms with Gasteiger partial charge in [0, 0.05) is 32.9 Å². The summed E-state index contributed by atoms with van der Waals surface area (Å²) in [5.41, 5.74) is 10.3. The van der Waals surface area contributed by atoms with E-state index in [0.29, 0.717) is 25.7 Å². The van der Waals surface area contributed by atoms with Crippen LogP contribution in [0.1, 0.15) is 58.3 Å². The second kappa shape index (κ2) is 14.8. The zero-order valence-electron chi connectivity index (χ0n) is 22.3. The number of nitrogens with two attached hydrogens (primary N) is 2. The predicted molar refractivity (Wildman–Crippen MR) is 137 cm³/mol. The van der Waals surface area contributed by atoms with Crippen molar-refractivity contribution in [1.82, 2.24) is 25.8 Å². The van der Waals surface area contributed by atoms with E-state index < -0.39 is 78.0 Å². The van der Waals surface area contributed by atoms with Gasteiger partial charge in [0.15, 0.2) is 0 Å². The van der Waals surface area contributed by atoms with E-state index in [2.05, 4.69) is 16.0 Å². The van der Waals surface area contributed by atoms with E-state index in [1.165, 1.54) is 16.7 Å². The minimum absolute atomic E-state index is 0.0911. The van der Waals surface area contributed by atoms with Gasteiger partial charge in [0.2, 0.25) is 41.4 Å². The Bertz CT molecular complexity index is 1030. The maximum absolute atomic E-state index is 13.4. The first-order chi connectivity index (χ1) is 18.8. The molecule has 222 valence electrons. The molecule has 16 heteroatoms. The van der Waals surface area contributed by atoms with Gasteiger partial charge in [0.1, 0.15) is 24.2 Å². The summed E-state index contributed by atoms with van der Waals surface area (Å²) in [5.74, 6) is -5.73. The summed E-state index contributed by atoms with van der Waals surface area (Å²) in [6.07, 6.45) is 0.945. The lowest BCUT2D eigenvalue weighted by molar-refractivity contribution is -0.152. The standard InChI is InChI=1S/C24H37N7O9/c1-13(32)28-14(6-8-18(25)33)21(36)27-12-20(35)29-15(7-9-19(26)34)22(37)30-10-2-4-16(30)23(38)31-11-3-5-17(31)24(39)40/h14-17H,2-12H2,1H3,(H2,25,33)(H2,26,34)(H,27,36)(H,28,32)(H,29,35)(H,39,40)/t14-,15-,16-,17-/m0/s1. The highest BCUT2D eigenvalue weighted by molar-refractivity contribution is 5.95. The number of primary amides is 2. The molecule has 0 aromatic rings. The first-order valence-corrected chi connectivity index (χ1v) is 13.1. The smallest absolute Gasteiger partial charge is 0.326 e. The summed E-state index contributed by atoms with van der Waals surface area (Å²) >= 11 is 0. The van der Waals surface area contributed by atoms with E-state index in [1.807, 2.05) is 0 Å². The van der Waals surface area contributed by atoms with E-state index in [0.717, 1.165) is 0 Å². The second-order valence-corrected chi connectivity index (χ2v) is 9.82. The lowest BCUT2D eigenvalue weighted by atomic mass is 10.1. The average molecular weight is 568 g/mol. The van der Waals surface area contributed by atoms with Crippen molar-refractivity contribution in [3.05, 3.63) is 0 Å². The number of nitrogens with one attached hydrogen (secondary N) is 3. The van der Waals surface area contributed by atoms with Crippen LogP contribution in [0.5, 0.6) is 0 Å². The lowest BCUT2D eigenvalue weighted by Gasteiger charge is -2.32. The molecule has 2 rings (SSSR count). The minimum atomic E-state index is -1.25. The highest BCUT2D eigenvalue weighted by Gasteiger charge is 2.43. The van der Waals surface area contributed by atoms with E-state index in [9.17, 15) is 43.5 Å². The Morgan fingerprint density at radius 1 is 0.825 bits per heavy atom. The van der Waals surface area contributed by atoms with E-state index in [-0.39, 0.29) is 38.8 Å². The second-order valence-electron chi connectivity index (χ2n) is 9.82. The molecule has 0 aliphatic carbocycles. The number of nitrogens with zero attached hydrogens (tertiary/aromatic N) is 2. The van der Waals surface area contributed by atoms with Gasteiger partial charge >= 0.3 is 5.97 Å². The Balaban J connectivity index is 2.08. The van der Waals surface area contributed by atoms with Crippen molar-refractivity contribution in [3.63, 3.8) is 0 Å². The lowest BCUT2D eigenvalue weighted by Crippen LogP contribution is -2.56. The summed E-state index contributed by atoms with van der Waals surface area (Å²) in [4.78, 5) is 99.8. The van der Waals surface area contributed by atoms with Crippen molar-refractivity contribution in [3.8, 4) is 0 Å². The number of carboxylic acid groups (broad SMARTS) is 1. The van der Waals surface area contributed by atoms with Crippen LogP contribution in [0.2, 0.25) is 0 Å². The molecule has 2 heterocycles. The number of carbonyl (C=O) groups excluding carboxylic acids is 7. The quantitative estimate of drug-likeness (QED) is 0.123. The molecule has 16 nitrogen and oxygen atoms in total. The molecule has 2 saturated heterocycles. The van der Waals surface area contributed by atoms with Gasteiger partial charge in [-0.2, -0.15) is 0 Å². The Kier molecular flexibility index (Phi) is 11.8. The Labute approximate surface area is 230 Å². The van der Waals surface area contributed by atoms with Crippen LogP contribution >= 0.6 is 0 Å². The van der Waals surface area contributed by atoms with Gasteiger partial charge in [0.25, 0.3) is 0 Å². The molecular formula is C24H37N7O9. The number of amides is 7. The molecule has 2 aliphatic heterocycles. The Morgan fingerprint density at radius 2 is 1.38 bits per heavy atom. The molecule has 40 heavy (non-hydrogen) atoms. The van der Waals surface area contributed by atoms with Gasteiger partial charge in [-0.3, -0.25) is 33.6 Å². The Hall–Kier alpha value is -4.24. The summed E-state index contributed by atoms with van der Waals surface area (Å²) in [6, 6.07) is -4.26. The maximum Gasteiger partial charge on any atom is 0.326 e. The normalized spacial score (nSPS) is 19.8. The van der Waals surface area contributed by atoms with Crippen molar-refractivity contribution < 1.29 is 43.5 Å². The van der Waals surface area contributed by atoms with Gasteiger partial charge in [0.05, 0.1) is 6.54 Å². The third-order valence-electron chi connectivity index (χ3n) is 6.75. The number of aliphatic carboxylic acids is 1. The highest BCUT2D eigenvalue weighted by atomic mass is 16.4. The molecule has 0 bridgehead atoms. The zero-order chi connectivity index (χ0) is 30.0. The largest absolute Gasteiger partial charge is 0.480 e. The maximum atomic E-state index is 13.4. The molecule has 0 saturated carbocycles. The van der Waals surface area contributed by atoms with Crippen LogP contribution in [0.3, 0.4) is 0 Å². The number of likely N-dealkylation sites (tertiary alicyclic amines) is 2. The highest BCUT2D eigenvalue weighted by Crippen LogP contribution is 2.26. The molecule has 7 amide bonds. The third-order valence-corrected chi connectivity index (χ3v) is 6.75. The molecule has 0 aromatic carbocycles. The number of carboxylic acids is 1. The van der Waals surface area contributed by atoms with Crippen LogP contribution in [-0.2, 0) is 38.4 Å². The first kappa shape index (κ1) is 32.0. The van der Waals surface area contributed by atoms with Crippen LogP contribution in [0.15, 0.2) is 0 Å². The molecule has 0 spiro atoms.